The first-order valence-electron chi connectivity index (χ1n) is 39.9. The molecule has 4 unspecified atom stereocenters. The molecule has 19 heteroatoms. The molecule has 0 heterocycles. The van der Waals surface area contributed by atoms with E-state index >= 15 is 0 Å². The van der Waals surface area contributed by atoms with E-state index in [9.17, 15) is 43.2 Å². The molecular formula is C77H150O17P2. The van der Waals surface area contributed by atoms with Gasteiger partial charge in [-0.15, -0.1) is 0 Å². The molecule has 0 aromatic rings. The summed E-state index contributed by atoms with van der Waals surface area (Å²) in [5.74, 6) is 0.305. The number of carbonyl (C=O) groups excluding carboxylic acids is 4. The van der Waals surface area contributed by atoms with Gasteiger partial charge in [0.15, 0.2) is 12.2 Å². The summed E-state index contributed by atoms with van der Waals surface area (Å²) in [6, 6.07) is 0. The number of hydrogen-bond acceptors (Lipinski definition) is 15. The van der Waals surface area contributed by atoms with Crippen LogP contribution in [0.15, 0.2) is 0 Å². The number of hydrogen-bond donors (Lipinski definition) is 3. The van der Waals surface area contributed by atoms with Crippen LogP contribution < -0.4 is 0 Å². The van der Waals surface area contributed by atoms with Gasteiger partial charge < -0.3 is 33.8 Å². The number of carbonyl (C=O) groups is 4. The third kappa shape index (κ3) is 67.9. The van der Waals surface area contributed by atoms with Crippen molar-refractivity contribution in [3.63, 3.8) is 0 Å². The maximum Gasteiger partial charge on any atom is 0.472 e. The quantitative estimate of drug-likeness (QED) is 0.0222. The topological polar surface area (TPSA) is 237 Å². The predicted molar refractivity (Wildman–Crippen MR) is 391 cm³/mol. The van der Waals surface area contributed by atoms with Crippen molar-refractivity contribution >= 4 is 39.5 Å². The van der Waals surface area contributed by atoms with E-state index < -0.39 is 97.5 Å². The number of esters is 4. The fraction of sp³-hybridized carbons (Fsp3) is 0.948. The van der Waals surface area contributed by atoms with Crippen LogP contribution in [-0.4, -0.2) is 96.7 Å². The van der Waals surface area contributed by atoms with Crippen LogP contribution in [0.5, 0.6) is 0 Å². The summed E-state index contributed by atoms with van der Waals surface area (Å²) in [6.45, 7) is 12.0. The Bertz CT molecular complexity index is 1870. The first kappa shape index (κ1) is 94.1. The molecule has 17 nitrogen and oxygen atoms in total. The zero-order valence-electron chi connectivity index (χ0n) is 62.8. The van der Waals surface area contributed by atoms with Gasteiger partial charge in [-0.25, -0.2) is 9.13 Å². The number of aliphatic hydroxyl groups excluding tert-OH is 1. The highest BCUT2D eigenvalue weighted by molar-refractivity contribution is 7.47. The Balaban J connectivity index is 5.23. The molecule has 0 saturated carbocycles. The first-order valence-corrected chi connectivity index (χ1v) is 42.9. The van der Waals surface area contributed by atoms with Crippen molar-refractivity contribution in [2.75, 3.05) is 39.6 Å². The first-order chi connectivity index (χ1) is 46.3. The van der Waals surface area contributed by atoms with E-state index in [4.69, 9.17) is 37.0 Å². The predicted octanol–water partition coefficient (Wildman–Crippen LogP) is 22.6. The van der Waals surface area contributed by atoms with Gasteiger partial charge in [-0.3, -0.25) is 37.3 Å². The highest BCUT2D eigenvalue weighted by atomic mass is 31.2. The minimum Gasteiger partial charge on any atom is -0.462 e. The Hall–Kier alpha value is -1.94. The summed E-state index contributed by atoms with van der Waals surface area (Å²) >= 11 is 0. The van der Waals surface area contributed by atoms with Crippen LogP contribution in [0.25, 0.3) is 0 Å². The van der Waals surface area contributed by atoms with Crippen molar-refractivity contribution in [3.05, 3.63) is 0 Å². The van der Waals surface area contributed by atoms with Crippen LogP contribution in [0.3, 0.4) is 0 Å². The number of aliphatic hydroxyl groups is 1. The number of phosphoric acid groups is 2. The molecule has 0 rings (SSSR count). The van der Waals surface area contributed by atoms with Gasteiger partial charge in [-0.1, -0.05) is 344 Å². The van der Waals surface area contributed by atoms with Crippen molar-refractivity contribution in [1.29, 1.82) is 0 Å². The summed E-state index contributed by atoms with van der Waals surface area (Å²) in [7, 11) is -9.91. The number of phosphoric ester groups is 2. The second kappa shape index (κ2) is 67.5. The molecule has 0 aliphatic carbocycles. The Morgan fingerprint density at radius 2 is 0.531 bits per heavy atom. The van der Waals surface area contributed by atoms with Crippen LogP contribution in [0.2, 0.25) is 0 Å². The van der Waals surface area contributed by atoms with E-state index in [1.54, 1.807) is 0 Å². The van der Waals surface area contributed by atoms with Gasteiger partial charge in [0, 0.05) is 25.7 Å². The second-order valence-electron chi connectivity index (χ2n) is 28.7. The summed E-state index contributed by atoms with van der Waals surface area (Å²) < 4.78 is 68.5. The average Bonchev–Trinajstić information content (AvgIpc) is 3.75. The van der Waals surface area contributed by atoms with E-state index in [0.717, 1.165) is 108 Å². The van der Waals surface area contributed by atoms with Crippen LogP contribution in [0.4, 0.5) is 0 Å². The number of rotatable bonds is 75. The van der Waals surface area contributed by atoms with Gasteiger partial charge in [0.1, 0.15) is 19.3 Å². The van der Waals surface area contributed by atoms with Gasteiger partial charge in [-0.05, 0) is 43.4 Å². The molecule has 0 amide bonds. The molecule has 0 aliphatic rings. The Morgan fingerprint density at radius 3 is 0.792 bits per heavy atom. The third-order valence-electron chi connectivity index (χ3n) is 18.6. The lowest BCUT2D eigenvalue weighted by atomic mass is 9.99. The summed E-state index contributed by atoms with van der Waals surface area (Å²) in [6.07, 6.45) is 53.9. The standard InChI is InChI=1S/C77H150O17P2/c1-8-11-12-13-14-27-37-44-51-58-74(79)87-64-72(94-77(82)61-54-47-40-33-26-24-30-36-43-50-57-70(7)10-3)66-91-95(83,84)89-62-71(78)63-90-96(85,86)92-67-73(65-88-75(80)59-52-45-38-31-25-23-29-35-42-49-56-69(6)9-2)93-76(81)60-53-46-39-32-22-20-18-16-15-17-19-21-28-34-41-48-55-68(4)5/h68-73,78H,8-67H2,1-7H3,(H,83,84)(H,85,86)/t69?,70?,71-,72+,73+/m0/s1. The van der Waals surface area contributed by atoms with Crippen LogP contribution in [0.1, 0.15) is 395 Å². The van der Waals surface area contributed by atoms with Crippen molar-refractivity contribution in [1.82, 2.24) is 0 Å². The van der Waals surface area contributed by atoms with Gasteiger partial charge in [0.05, 0.1) is 26.4 Å². The lowest BCUT2D eigenvalue weighted by Gasteiger charge is -2.21. The summed E-state index contributed by atoms with van der Waals surface area (Å²) in [5.41, 5.74) is 0. The number of unbranched alkanes of at least 4 members (excludes halogenated alkanes) is 41. The Kier molecular flexibility index (Phi) is 66.2. The molecule has 0 aliphatic heterocycles. The molecule has 96 heavy (non-hydrogen) atoms. The molecule has 3 N–H and O–H groups in total. The molecular weight excluding hydrogens is 1260 g/mol. The average molecular weight is 1410 g/mol. The fourth-order valence-electron chi connectivity index (χ4n) is 11.7. The van der Waals surface area contributed by atoms with Crippen LogP contribution >= 0.6 is 15.6 Å². The minimum absolute atomic E-state index is 0.106. The largest absolute Gasteiger partial charge is 0.472 e. The van der Waals surface area contributed by atoms with Gasteiger partial charge >= 0.3 is 39.5 Å². The second-order valence-corrected chi connectivity index (χ2v) is 31.6. The highest BCUT2D eigenvalue weighted by Gasteiger charge is 2.30. The SMILES string of the molecule is CCCCCCCCCCCC(=O)OC[C@H](COP(=O)(O)OC[C@H](O)COP(=O)(O)OC[C@@H](COC(=O)CCCCCCCCCCCCC(C)CC)OC(=O)CCCCCCCCCCCCCCCCCCC(C)C)OC(=O)CCCCCCCCCCCCC(C)CC. The van der Waals surface area contributed by atoms with E-state index in [-0.39, 0.29) is 25.7 Å². The molecule has 0 spiro atoms. The Morgan fingerprint density at radius 1 is 0.302 bits per heavy atom. The molecule has 0 saturated heterocycles. The molecule has 0 aromatic carbocycles. The monoisotopic (exact) mass is 1410 g/mol. The van der Waals surface area contributed by atoms with Crippen LogP contribution in [0, 0.1) is 17.8 Å². The van der Waals surface area contributed by atoms with Crippen molar-refractivity contribution in [2.45, 2.75) is 414 Å². The lowest BCUT2D eigenvalue weighted by molar-refractivity contribution is -0.161. The highest BCUT2D eigenvalue weighted by Crippen LogP contribution is 2.45. The van der Waals surface area contributed by atoms with E-state index in [0.29, 0.717) is 25.7 Å². The van der Waals surface area contributed by atoms with Crippen molar-refractivity contribution in [3.8, 4) is 0 Å². The van der Waals surface area contributed by atoms with E-state index in [1.165, 1.54) is 205 Å². The fourth-order valence-corrected chi connectivity index (χ4v) is 13.3. The zero-order chi connectivity index (χ0) is 70.9. The third-order valence-corrected chi connectivity index (χ3v) is 20.5. The zero-order valence-corrected chi connectivity index (χ0v) is 64.6. The Labute approximate surface area is 588 Å². The molecule has 7 atom stereocenters. The van der Waals surface area contributed by atoms with E-state index in [2.05, 4.69) is 48.5 Å². The summed E-state index contributed by atoms with van der Waals surface area (Å²) in [5, 5.41) is 10.6. The summed E-state index contributed by atoms with van der Waals surface area (Å²) in [4.78, 5) is 72.8. The van der Waals surface area contributed by atoms with Gasteiger partial charge in [0.2, 0.25) is 0 Å². The number of ether oxygens (including phenoxy) is 4. The molecule has 0 fully saturated rings. The maximum absolute atomic E-state index is 13.1. The molecule has 0 radical (unpaired) electrons. The van der Waals surface area contributed by atoms with Crippen molar-refractivity contribution in [2.24, 2.45) is 17.8 Å². The molecule has 570 valence electrons. The van der Waals surface area contributed by atoms with Gasteiger partial charge in [-0.2, -0.15) is 0 Å². The lowest BCUT2D eigenvalue weighted by Crippen LogP contribution is -2.30. The minimum atomic E-state index is -4.96. The van der Waals surface area contributed by atoms with Gasteiger partial charge in [0.25, 0.3) is 0 Å². The normalized spacial score (nSPS) is 14.6. The smallest absolute Gasteiger partial charge is 0.462 e. The molecule has 0 aromatic heterocycles. The van der Waals surface area contributed by atoms with Crippen molar-refractivity contribution < 1.29 is 80.2 Å². The van der Waals surface area contributed by atoms with E-state index in [1.807, 2.05) is 0 Å². The molecule has 0 bridgehead atoms. The van der Waals surface area contributed by atoms with Crippen LogP contribution in [-0.2, 0) is 65.4 Å². The maximum atomic E-state index is 13.1.